The number of allylic oxidation sites excluding steroid dienone is 1. The largest absolute Gasteiger partial charge is 0.345 e. The third-order valence-corrected chi connectivity index (χ3v) is 7.07. The van der Waals surface area contributed by atoms with Crippen molar-refractivity contribution in [2.24, 2.45) is 0 Å². The Bertz CT molecular complexity index is 1590. The Hall–Kier alpha value is -4.29. The molecule has 0 bridgehead atoms. The van der Waals surface area contributed by atoms with Crippen LogP contribution in [0.15, 0.2) is 104 Å². The maximum atomic E-state index is 4.85. The van der Waals surface area contributed by atoms with Gasteiger partial charge in [0.25, 0.3) is 0 Å². The van der Waals surface area contributed by atoms with Crippen LogP contribution in [-0.4, -0.2) is 24.7 Å². The summed E-state index contributed by atoms with van der Waals surface area (Å²) in [7, 11) is 0. The molecule has 2 aromatic carbocycles. The van der Waals surface area contributed by atoms with Crippen LogP contribution in [0, 0.1) is 0 Å². The van der Waals surface area contributed by atoms with E-state index in [9.17, 15) is 0 Å². The highest BCUT2D eigenvalue weighted by Gasteiger charge is 2.13. The van der Waals surface area contributed by atoms with Gasteiger partial charge in [0.15, 0.2) is 0 Å². The van der Waals surface area contributed by atoms with Gasteiger partial charge in [-0.25, -0.2) is 4.98 Å². The van der Waals surface area contributed by atoms with Crippen LogP contribution in [0.2, 0.25) is 0 Å². The lowest BCUT2D eigenvalue weighted by atomic mass is 10.1. The van der Waals surface area contributed by atoms with Crippen molar-refractivity contribution in [3.63, 3.8) is 0 Å². The number of fused-ring (bicyclic) bond motifs is 1. The van der Waals surface area contributed by atoms with Gasteiger partial charge in [-0.15, -0.1) is 11.3 Å². The summed E-state index contributed by atoms with van der Waals surface area (Å²) in [6.07, 6.45) is 14.9. The van der Waals surface area contributed by atoms with Gasteiger partial charge in [-0.05, 0) is 22.8 Å². The molecule has 5 nitrogen and oxygen atoms in total. The predicted octanol–water partition coefficient (Wildman–Crippen LogP) is 6.85. The molecule has 0 aliphatic heterocycles. The second kappa shape index (κ2) is 9.52. The number of hydrogen-bond acceptors (Lipinski definition) is 4. The van der Waals surface area contributed by atoms with Gasteiger partial charge in [0, 0.05) is 47.9 Å². The van der Waals surface area contributed by atoms with E-state index >= 15 is 0 Å². The molecule has 0 aliphatic carbocycles. The van der Waals surface area contributed by atoms with Gasteiger partial charge >= 0.3 is 0 Å². The number of nitrogens with one attached hydrogen (secondary N) is 1. The van der Waals surface area contributed by atoms with Gasteiger partial charge < -0.3 is 4.98 Å². The van der Waals surface area contributed by atoms with E-state index in [4.69, 9.17) is 4.98 Å². The first-order valence-corrected chi connectivity index (χ1v) is 12.3. The monoisotopic (exact) mass is 473 g/mol. The molecule has 0 atom stereocenters. The smallest absolute Gasteiger partial charge is 0.149 e. The molecule has 0 amide bonds. The zero-order valence-electron chi connectivity index (χ0n) is 19.0. The Balaban J connectivity index is 1.21. The van der Waals surface area contributed by atoms with Crippen molar-refractivity contribution >= 4 is 27.8 Å². The molecule has 6 rings (SSSR count). The molecule has 0 radical (unpaired) electrons. The lowest BCUT2D eigenvalue weighted by Gasteiger charge is -2.01. The third-order valence-electron chi connectivity index (χ3n) is 5.89. The van der Waals surface area contributed by atoms with E-state index in [2.05, 4.69) is 82.1 Å². The Morgan fingerprint density at radius 3 is 2.54 bits per heavy atom. The van der Waals surface area contributed by atoms with Gasteiger partial charge in [0.2, 0.25) is 0 Å². The van der Waals surface area contributed by atoms with Crippen molar-refractivity contribution in [2.45, 2.75) is 13.0 Å². The number of thiazole rings is 1. The second-order valence-electron chi connectivity index (χ2n) is 8.40. The SMILES string of the molecule is C(=Cc1ccccc1)Cn1cc(-c2cncc(-c3nc4[nH]cc(Cc5ccccc5)c4s3)c2)cn1. The highest BCUT2D eigenvalue weighted by Crippen LogP contribution is 2.34. The van der Waals surface area contributed by atoms with E-state index < -0.39 is 0 Å². The molecule has 6 heteroatoms. The van der Waals surface area contributed by atoms with Crippen molar-refractivity contribution in [3.05, 3.63) is 120 Å². The Labute approximate surface area is 207 Å². The number of aromatic nitrogens is 5. The third kappa shape index (κ3) is 4.69. The molecule has 0 fully saturated rings. The number of benzene rings is 2. The number of H-pyrrole nitrogens is 1. The Morgan fingerprint density at radius 2 is 1.69 bits per heavy atom. The summed E-state index contributed by atoms with van der Waals surface area (Å²) in [4.78, 5) is 12.7. The summed E-state index contributed by atoms with van der Waals surface area (Å²) < 4.78 is 3.14. The Kier molecular flexibility index (Phi) is 5.78. The number of rotatable bonds is 7. The minimum Gasteiger partial charge on any atom is -0.345 e. The highest BCUT2D eigenvalue weighted by atomic mass is 32.1. The van der Waals surface area contributed by atoms with Crippen molar-refractivity contribution in [1.29, 1.82) is 0 Å². The van der Waals surface area contributed by atoms with Crippen molar-refractivity contribution < 1.29 is 0 Å². The average Bonchev–Trinajstić information content (AvgIpc) is 3.63. The first-order chi connectivity index (χ1) is 17.3. The molecule has 4 aromatic heterocycles. The standard InChI is InChI=1S/C29H23N5S/c1-3-8-21(9-4-1)12-7-13-34-20-26(19-32-34)23-15-25(17-30-16-23)29-33-28-27(35-29)24(18-31-28)14-22-10-5-2-6-11-22/h1-12,15-20,31H,13-14H2. The van der Waals surface area contributed by atoms with Crippen molar-refractivity contribution in [1.82, 2.24) is 24.7 Å². The Morgan fingerprint density at radius 1 is 0.886 bits per heavy atom. The highest BCUT2D eigenvalue weighted by molar-refractivity contribution is 7.21. The molecule has 35 heavy (non-hydrogen) atoms. The van der Waals surface area contributed by atoms with E-state index in [1.165, 1.54) is 21.4 Å². The zero-order chi connectivity index (χ0) is 23.5. The van der Waals surface area contributed by atoms with Crippen LogP contribution in [0.1, 0.15) is 16.7 Å². The molecule has 0 saturated heterocycles. The molecular formula is C29H23N5S. The number of hydrogen-bond donors (Lipinski definition) is 1. The van der Waals surface area contributed by atoms with Crippen LogP contribution in [0.5, 0.6) is 0 Å². The van der Waals surface area contributed by atoms with E-state index in [1.54, 1.807) is 11.3 Å². The van der Waals surface area contributed by atoms with Crippen molar-refractivity contribution in [3.8, 4) is 21.7 Å². The van der Waals surface area contributed by atoms with Crippen molar-refractivity contribution in [2.75, 3.05) is 0 Å². The quantitative estimate of drug-likeness (QED) is 0.276. The van der Waals surface area contributed by atoms with E-state index in [0.717, 1.165) is 33.8 Å². The predicted molar refractivity (Wildman–Crippen MR) is 143 cm³/mol. The van der Waals surface area contributed by atoms with Crippen LogP contribution >= 0.6 is 11.3 Å². The summed E-state index contributed by atoms with van der Waals surface area (Å²) in [5.41, 5.74) is 7.76. The summed E-state index contributed by atoms with van der Waals surface area (Å²) in [6, 6.07) is 23.0. The molecular weight excluding hydrogens is 450 g/mol. The molecule has 0 spiro atoms. The zero-order valence-corrected chi connectivity index (χ0v) is 19.8. The lowest BCUT2D eigenvalue weighted by molar-refractivity contribution is 0.703. The molecule has 1 N–H and O–H groups in total. The second-order valence-corrected chi connectivity index (χ2v) is 9.40. The first kappa shape index (κ1) is 21.3. The molecule has 6 aromatic rings. The maximum Gasteiger partial charge on any atom is 0.149 e. The van der Waals surface area contributed by atoms with Gasteiger partial charge in [-0.2, -0.15) is 5.10 Å². The molecule has 0 aliphatic rings. The van der Waals surface area contributed by atoms with E-state index in [0.29, 0.717) is 6.54 Å². The normalized spacial score (nSPS) is 11.5. The van der Waals surface area contributed by atoms with Crippen LogP contribution in [0.3, 0.4) is 0 Å². The fraction of sp³-hybridized carbons (Fsp3) is 0.0690. The summed E-state index contributed by atoms with van der Waals surface area (Å²) in [5, 5.41) is 5.49. The molecule has 170 valence electrons. The average molecular weight is 474 g/mol. The molecule has 0 unspecified atom stereocenters. The van der Waals surface area contributed by atoms with Gasteiger partial charge in [-0.1, -0.05) is 72.8 Å². The van der Waals surface area contributed by atoms with Gasteiger partial charge in [-0.3, -0.25) is 9.67 Å². The number of pyridine rings is 1. The topological polar surface area (TPSA) is 59.4 Å². The number of nitrogens with zero attached hydrogens (tertiary/aromatic N) is 4. The fourth-order valence-corrected chi connectivity index (χ4v) is 5.14. The summed E-state index contributed by atoms with van der Waals surface area (Å²) in [5.74, 6) is 0. The van der Waals surface area contributed by atoms with Gasteiger partial charge in [0.05, 0.1) is 17.4 Å². The van der Waals surface area contributed by atoms with Crippen LogP contribution in [0.25, 0.3) is 38.1 Å². The lowest BCUT2D eigenvalue weighted by Crippen LogP contribution is -1.94. The van der Waals surface area contributed by atoms with Gasteiger partial charge in [0.1, 0.15) is 10.7 Å². The van der Waals surface area contributed by atoms with Crippen LogP contribution in [-0.2, 0) is 13.0 Å². The van der Waals surface area contributed by atoms with E-state index in [1.807, 2.05) is 47.5 Å². The summed E-state index contributed by atoms with van der Waals surface area (Å²) >= 11 is 1.71. The maximum absolute atomic E-state index is 4.85. The summed E-state index contributed by atoms with van der Waals surface area (Å²) in [6.45, 7) is 0.712. The minimum absolute atomic E-state index is 0.712. The number of aromatic amines is 1. The first-order valence-electron chi connectivity index (χ1n) is 11.5. The minimum atomic E-state index is 0.712. The van der Waals surface area contributed by atoms with Crippen LogP contribution in [0.4, 0.5) is 0 Å². The van der Waals surface area contributed by atoms with Crippen LogP contribution < -0.4 is 0 Å². The fourth-order valence-electron chi connectivity index (χ4n) is 4.12. The van der Waals surface area contributed by atoms with E-state index in [-0.39, 0.29) is 0 Å². The molecule has 0 saturated carbocycles. The molecule has 4 heterocycles.